The average molecular weight is 966 g/mol. The Labute approximate surface area is 410 Å². The van der Waals surface area contributed by atoms with Gasteiger partial charge in [-0.15, -0.1) is 0 Å². The lowest BCUT2D eigenvalue weighted by Gasteiger charge is -2.31. The van der Waals surface area contributed by atoms with Crippen LogP contribution in [0.15, 0.2) is 91.0 Å². The number of aromatic amines is 1. The van der Waals surface area contributed by atoms with Crippen molar-refractivity contribution in [2.24, 2.45) is 5.73 Å². The van der Waals surface area contributed by atoms with Crippen molar-refractivity contribution in [3.63, 3.8) is 0 Å². The Balaban J connectivity index is 0.888. The van der Waals surface area contributed by atoms with E-state index in [4.69, 9.17) is 10.5 Å². The number of imide groups is 1. The second-order valence-electron chi connectivity index (χ2n) is 18.3. The molecular weight excluding hydrogens is 907 g/mol. The molecule has 0 bridgehead atoms. The van der Waals surface area contributed by atoms with E-state index in [0.29, 0.717) is 73.7 Å². The normalized spacial score (nSPS) is 16.1. The van der Waals surface area contributed by atoms with E-state index in [1.807, 2.05) is 55.6 Å². The van der Waals surface area contributed by atoms with Gasteiger partial charge < -0.3 is 46.1 Å². The van der Waals surface area contributed by atoms with Gasteiger partial charge in [-0.2, -0.15) is 0 Å². The summed E-state index contributed by atoms with van der Waals surface area (Å²) in [4.78, 5) is 113. The number of anilines is 2. The third-order valence-corrected chi connectivity index (χ3v) is 13.4. The number of aromatic nitrogens is 1. The van der Waals surface area contributed by atoms with Crippen LogP contribution in [-0.4, -0.2) is 126 Å². The van der Waals surface area contributed by atoms with Crippen molar-refractivity contribution in [2.75, 3.05) is 63.1 Å². The summed E-state index contributed by atoms with van der Waals surface area (Å²) in [6.07, 6.45) is 5.23. The quantitative estimate of drug-likeness (QED) is 0.0368. The van der Waals surface area contributed by atoms with Crippen LogP contribution in [0.4, 0.5) is 21.0 Å². The van der Waals surface area contributed by atoms with E-state index in [-0.39, 0.29) is 67.7 Å². The minimum atomic E-state index is -0.931. The molecule has 6 N–H and O–H groups in total. The fourth-order valence-electron chi connectivity index (χ4n) is 9.42. The number of carbonyl (C=O) groups excluding carboxylic acids is 8. The van der Waals surface area contributed by atoms with Crippen molar-refractivity contribution in [2.45, 2.75) is 70.3 Å². The van der Waals surface area contributed by atoms with E-state index in [2.05, 4.69) is 32.8 Å². The summed E-state index contributed by atoms with van der Waals surface area (Å²) in [5.74, 6) is -1.43. The summed E-state index contributed by atoms with van der Waals surface area (Å²) in [5.41, 5.74) is 9.65. The highest BCUT2D eigenvalue weighted by Crippen LogP contribution is 2.47. The molecule has 1 aromatic heterocycles. The standard InChI is InChI=1S/C53H59N9O9/c1-3-34-32-62(43-31-45(38-10-6-7-11-39(38)49(34)43)71-53(70)60-26-24-59(2)25-27-60)51(68)42-30-36-28-33(14-19-40(36)57-42)29-44(63)35-15-17-37(18-16-35)56-50(67)41(12-9-22-55-52(54)69)58-46(64)13-5-4-8-23-61-47(65)20-21-48(61)66/h6-7,10-11,14-21,28,30-31,34,41,57H,3-5,8-9,12-13,22-27,29,32H2,1-2H3,(H,56,67)(H,58,64)(H3,54,55,69)/t34-,41+/m1/s1. The molecule has 0 spiro atoms. The lowest BCUT2D eigenvalue weighted by Crippen LogP contribution is -2.48. The summed E-state index contributed by atoms with van der Waals surface area (Å²) in [6.45, 7) is 5.69. The van der Waals surface area contributed by atoms with E-state index in [1.54, 1.807) is 40.1 Å². The highest BCUT2D eigenvalue weighted by Gasteiger charge is 2.36. The van der Waals surface area contributed by atoms with Crippen LogP contribution in [0.25, 0.3) is 21.7 Å². The summed E-state index contributed by atoms with van der Waals surface area (Å²) in [7, 11) is 2.03. The van der Waals surface area contributed by atoms with E-state index >= 15 is 0 Å². The van der Waals surface area contributed by atoms with Gasteiger partial charge in [0, 0.05) is 110 Å². The smallest absolute Gasteiger partial charge is 0.409 e. The molecular formula is C53H59N9O9. The zero-order chi connectivity index (χ0) is 50.2. The molecule has 0 radical (unpaired) electrons. The number of primary amides is 1. The third-order valence-electron chi connectivity index (χ3n) is 13.4. The molecule has 18 heteroatoms. The van der Waals surface area contributed by atoms with E-state index in [9.17, 15) is 38.4 Å². The number of fused-ring (bicyclic) bond motifs is 4. The second kappa shape index (κ2) is 22.3. The first kappa shape index (κ1) is 49.6. The molecule has 71 heavy (non-hydrogen) atoms. The van der Waals surface area contributed by atoms with Crippen LogP contribution in [0.1, 0.15) is 89.8 Å². The summed E-state index contributed by atoms with van der Waals surface area (Å²) in [5, 5.41) is 10.6. The summed E-state index contributed by atoms with van der Waals surface area (Å²) in [6, 6.07) is 21.9. The van der Waals surface area contributed by atoms with Gasteiger partial charge in [-0.3, -0.25) is 33.7 Å². The topological polar surface area (TPSA) is 237 Å². The molecule has 1 saturated heterocycles. The monoisotopic (exact) mass is 965 g/mol. The Bertz CT molecular complexity index is 2890. The van der Waals surface area contributed by atoms with E-state index < -0.39 is 24.1 Å². The predicted molar refractivity (Wildman–Crippen MR) is 268 cm³/mol. The van der Waals surface area contributed by atoms with Crippen LogP contribution in [0.3, 0.4) is 0 Å². The molecule has 2 atom stereocenters. The third kappa shape index (κ3) is 11.8. The lowest BCUT2D eigenvalue weighted by atomic mass is 9.93. The van der Waals surface area contributed by atoms with Gasteiger partial charge in [0.15, 0.2) is 5.78 Å². The first-order valence-electron chi connectivity index (χ1n) is 24.2. The molecule has 8 amide bonds. The number of hydrogen-bond donors (Lipinski definition) is 5. The van der Waals surface area contributed by atoms with Gasteiger partial charge >= 0.3 is 12.1 Å². The van der Waals surface area contributed by atoms with Gasteiger partial charge in [0.25, 0.3) is 17.7 Å². The van der Waals surface area contributed by atoms with Crippen LogP contribution < -0.4 is 31.3 Å². The van der Waals surface area contributed by atoms with Gasteiger partial charge in [0.05, 0.1) is 5.69 Å². The minimum Gasteiger partial charge on any atom is -0.409 e. The first-order valence-corrected chi connectivity index (χ1v) is 24.2. The van der Waals surface area contributed by atoms with Gasteiger partial charge in [0.1, 0.15) is 17.5 Å². The molecule has 8 rings (SSSR count). The molecule has 3 aliphatic heterocycles. The second-order valence-corrected chi connectivity index (χ2v) is 18.3. The fraction of sp³-hybridized carbons (Fsp3) is 0.358. The maximum atomic E-state index is 14.4. The summed E-state index contributed by atoms with van der Waals surface area (Å²) < 4.78 is 6.08. The molecule has 1 fully saturated rings. The average Bonchev–Trinajstić information content (AvgIpc) is 4.06. The van der Waals surface area contributed by atoms with Crippen LogP contribution >= 0.6 is 0 Å². The lowest BCUT2D eigenvalue weighted by molar-refractivity contribution is -0.137. The van der Waals surface area contributed by atoms with Gasteiger partial charge in [-0.05, 0) is 98.1 Å². The minimum absolute atomic E-state index is 0.0722. The number of urea groups is 1. The van der Waals surface area contributed by atoms with Crippen molar-refractivity contribution in [1.29, 1.82) is 0 Å². The van der Waals surface area contributed by atoms with Crippen molar-refractivity contribution < 1.29 is 43.1 Å². The number of nitrogens with two attached hydrogens (primary N) is 1. The largest absolute Gasteiger partial charge is 0.415 e. The number of carbonyl (C=O) groups is 8. The van der Waals surface area contributed by atoms with Crippen LogP contribution in [0, 0.1) is 0 Å². The first-order chi connectivity index (χ1) is 34.3. The highest BCUT2D eigenvalue weighted by molar-refractivity contribution is 6.13. The number of amides is 8. The Morgan fingerprint density at radius 2 is 1.58 bits per heavy atom. The van der Waals surface area contributed by atoms with Crippen molar-refractivity contribution in [1.82, 2.24) is 30.3 Å². The van der Waals surface area contributed by atoms with Gasteiger partial charge in [-0.25, -0.2) is 9.59 Å². The molecule has 3 aliphatic rings. The number of H-pyrrole nitrogens is 1. The molecule has 4 heterocycles. The number of nitrogens with one attached hydrogen (secondary N) is 4. The highest BCUT2D eigenvalue weighted by atomic mass is 16.6. The Morgan fingerprint density at radius 3 is 2.30 bits per heavy atom. The van der Waals surface area contributed by atoms with Crippen molar-refractivity contribution >= 4 is 80.5 Å². The number of likely N-dealkylation sites (N-methyl/N-ethyl adjacent to an activating group) is 1. The Kier molecular flexibility index (Phi) is 15.5. The molecule has 0 aliphatic carbocycles. The molecule has 5 aromatic rings. The molecule has 18 nitrogen and oxygen atoms in total. The summed E-state index contributed by atoms with van der Waals surface area (Å²) >= 11 is 0. The Hall–Kier alpha value is -7.86. The number of benzene rings is 4. The van der Waals surface area contributed by atoms with Crippen molar-refractivity contribution in [3.8, 4) is 5.75 Å². The van der Waals surface area contributed by atoms with E-state index in [1.165, 1.54) is 12.2 Å². The van der Waals surface area contributed by atoms with Crippen molar-refractivity contribution in [3.05, 3.63) is 113 Å². The number of piperazine rings is 1. The Morgan fingerprint density at radius 1 is 0.845 bits per heavy atom. The van der Waals surface area contributed by atoms with Crippen LogP contribution in [0.2, 0.25) is 0 Å². The number of Topliss-reactive ketones (excluding diaryl/α,β-unsaturated/α-hetero) is 1. The van der Waals surface area contributed by atoms with Crippen LogP contribution in [-0.2, 0) is 25.6 Å². The van der Waals surface area contributed by atoms with Crippen LogP contribution in [0.5, 0.6) is 5.75 Å². The number of unbranched alkanes of at least 4 members (excludes halogenated alkanes) is 2. The number of ketones is 1. The molecule has 370 valence electrons. The fourth-order valence-corrected chi connectivity index (χ4v) is 9.42. The molecule has 4 aromatic carbocycles. The molecule has 0 saturated carbocycles. The number of hydrogen-bond acceptors (Lipinski definition) is 10. The zero-order valence-corrected chi connectivity index (χ0v) is 40.0. The molecule has 0 unspecified atom stereocenters. The maximum absolute atomic E-state index is 14.4. The predicted octanol–water partition coefficient (Wildman–Crippen LogP) is 6.00. The number of nitrogens with zero attached hydrogens (tertiary/aromatic N) is 4. The number of rotatable bonds is 19. The zero-order valence-electron chi connectivity index (χ0n) is 40.0. The van der Waals surface area contributed by atoms with E-state index in [0.717, 1.165) is 57.2 Å². The van der Waals surface area contributed by atoms with Gasteiger partial charge in [0.2, 0.25) is 11.8 Å². The maximum Gasteiger partial charge on any atom is 0.415 e. The number of ether oxygens (including phenoxy) is 1. The SMILES string of the molecule is CC[C@@H]1CN(C(=O)c2cc3cc(CC(=O)c4ccc(NC(=O)[C@H](CCCNC(N)=O)NC(=O)CCCCCN5C(=O)C=CC5=O)cc4)ccc3[nH]2)c2cc(OC(=O)N3CCN(C)CC3)c3ccccc3c21. The van der Waals surface area contributed by atoms with Gasteiger partial charge in [-0.1, -0.05) is 43.7 Å².